The molecule has 0 heterocycles. The van der Waals surface area contributed by atoms with Crippen LogP contribution in [0.25, 0.3) is 0 Å². The molecular formula is C18H20O2. The molecule has 0 saturated heterocycles. The smallest absolute Gasteiger partial charge is 0.315 e. The van der Waals surface area contributed by atoms with E-state index < -0.39 is 0 Å². The van der Waals surface area contributed by atoms with Crippen LogP contribution in [0.2, 0.25) is 0 Å². The van der Waals surface area contributed by atoms with E-state index in [-0.39, 0.29) is 5.97 Å². The molecule has 0 bridgehead atoms. The zero-order valence-electron chi connectivity index (χ0n) is 12.5. The molecule has 0 unspecified atom stereocenters. The van der Waals surface area contributed by atoms with Crippen LogP contribution in [0, 0.1) is 27.7 Å². The fourth-order valence-corrected chi connectivity index (χ4v) is 2.35. The average molecular weight is 268 g/mol. The van der Waals surface area contributed by atoms with Crippen molar-refractivity contribution in [1.29, 1.82) is 0 Å². The Labute approximate surface area is 120 Å². The fraction of sp³-hybridized carbons (Fsp3) is 0.278. The Morgan fingerprint density at radius 2 is 1.45 bits per heavy atom. The first kappa shape index (κ1) is 14.3. The van der Waals surface area contributed by atoms with E-state index in [1.54, 1.807) is 0 Å². The number of rotatable bonds is 3. The third-order valence-electron chi connectivity index (χ3n) is 3.29. The van der Waals surface area contributed by atoms with Gasteiger partial charge in [0, 0.05) is 0 Å². The van der Waals surface area contributed by atoms with Gasteiger partial charge in [-0.25, -0.2) is 0 Å². The lowest BCUT2D eigenvalue weighted by atomic mass is 10.1. The molecule has 0 radical (unpaired) electrons. The zero-order valence-corrected chi connectivity index (χ0v) is 12.5. The van der Waals surface area contributed by atoms with Crippen molar-refractivity contribution in [2.24, 2.45) is 0 Å². The van der Waals surface area contributed by atoms with Crippen molar-refractivity contribution in [3.05, 3.63) is 64.2 Å². The number of benzene rings is 2. The highest BCUT2D eigenvalue weighted by Gasteiger charge is 2.11. The molecule has 0 aliphatic heterocycles. The molecule has 20 heavy (non-hydrogen) atoms. The van der Waals surface area contributed by atoms with Gasteiger partial charge in [0.2, 0.25) is 0 Å². The standard InChI is InChI=1S/C18H20O2/c1-12-5-7-16(8-6-12)11-17(19)20-18-14(3)9-13(2)10-15(18)4/h5-10H,11H2,1-4H3. The Hall–Kier alpha value is -2.09. The lowest BCUT2D eigenvalue weighted by Crippen LogP contribution is -2.12. The molecule has 104 valence electrons. The van der Waals surface area contributed by atoms with E-state index in [0.29, 0.717) is 12.2 Å². The van der Waals surface area contributed by atoms with Gasteiger partial charge in [0.25, 0.3) is 0 Å². The summed E-state index contributed by atoms with van der Waals surface area (Å²) in [7, 11) is 0. The largest absolute Gasteiger partial charge is 0.426 e. The summed E-state index contributed by atoms with van der Waals surface area (Å²) in [6, 6.07) is 12.0. The number of aryl methyl sites for hydroxylation is 4. The van der Waals surface area contributed by atoms with Crippen molar-refractivity contribution in [2.75, 3.05) is 0 Å². The van der Waals surface area contributed by atoms with E-state index >= 15 is 0 Å². The highest BCUT2D eigenvalue weighted by atomic mass is 16.5. The van der Waals surface area contributed by atoms with Gasteiger partial charge in [-0.05, 0) is 44.4 Å². The molecule has 0 amide bonds. The monoisotopic (exact) mass is 268 g/mol. The van der Waals surface area contributed by atoms with E-state index in [1.807, 2.05) is 64.1 Å². The molecule has 0 aliphatic rings. The summed E-state index contributed by atoms with van der Waals surface area (Å²) in [4.78, 5) is 12.0. The van der Waals surface area contributed by atoms with Gasteiger partial charge < -0.3 is 4.74 Å². The van der Waals surface area contributed by atoms with Gasteiger partial charge in [0.05, 0.1) is 6.42 Å². The van der Waals surface area contributed by atoms with Crippen LogP contribution in [0.1, 0.15) is 27.8 Å². The first-order valence-corrected chi connectivity index (χ1v) is 6.80. The summed E-state index contributed by atoms with van der Waals surface area (Å²) >= 11 is 0. The Kier molecular flexibility index (Phi) is 4.23. The first-order chi connectivity index (χ1) is 9.45. The molecule has 0 aromatic heterocycles. The Morgan fingerprint density at radius 3 is 2.00 bits per heavy atom. The van der Waals surface area contributed by atoms with Crippen LogP contribution < -0.4 is 4.74 Å². The van der Waals surface area contributed by atoms with Crippen LogP contribution in [-0.2, 0) is 11.2 Å². The van der Waals surface area contributed by atoms with Gasteiger partial charge in [-0.2, -0.15) is 0 Å². The summed E-state index contributed by atoms with van der Waals surface area (Å²) in [5, 5.41) is 0. The molecule has 2 rings (SSSR count). The number of carbonyl (C=O) groups excluding carboxylic acids is 1. The SMILES string of the molecule is Cc1ccc(CC(=O)Oc2c(C)cc(C)cc2C)cc1. The van der Waals surface area contributed by atoms with Crippen molar-refractivity contribution in [1.82, 2.24) is 0 Å². The van der Waals surface area contributed by atoms with Gasteiger partial charge >= 0.3 is 5.97 Å². The summed E-state index contributed by atoms with van der Waals surface area (Å²) in [6.45, 7) is 8.00. The molecule has 0 fully saturated rings. The number of hydrogen-bond donors (Lipinski definition) is 0. The minimum absolute atomic E-state index is 0.219. The molecule has 0 saturated carbocycles. The van der Waals surface area contributed by atoms with Crippen LogP contribution in [0.15, 0.2) is 36.4 Å². The molecule has 0 aliphatic carbocycles. The van der Waals surface area contributed by atoms with E-state index in [9.17, 15) is 4.79 Å². The number of carbonyl (C=O) groups is 1. The predicted molar refractivity (Wildman–Crippen MR) is 81.2 cm³/mol. The molecule has 2 aromatic rings. The lowest BCUT2D eigenvalue weighted by Gasteiger charge is -2.11. The summed E-state index contributed by atoms with van der Waals surface area (Å²) in [5.74, 6) is 0.469. The van der Waals surface area contributed by atoms with Crippen LogP contribution in [0.4, 0.5) is 0 Å². The average Bonchev–Trinajstić information content (AvgIpc) is 2.36. The minimum Gasteiger partial charge on any atom is -0.426 e. The van der Waals surface area contributed by atoms with Gasteiger partial charge in [0.1, 0.15) is 5.75 Å². The predicted octanol–water partition coefficient (Wildman–Crippen LogP) is 4.07. The van der Waals surface area contributed by atoms with Crippen LogP contribution in [-0.4, -0.2) is 5.97 Å². The minimum atomic E-state index is -0.219. The van der Waals surface area contributed by atoms with E-state index in [0.717, 1.165) is 16.7 Å². The van der Waals surface area contributed by atoms with Crippen molar-refractivity contribution < 1.29 is 9.53 Å². The maximum atomic E-state index is 12.0. The Bertz CT molecular complexity index is 601. The quantitative estimate of drug-likeness (QED) is 0.619. The molecule has 2 nitrogen and oxygen atoms in total. The second-order valence-electron chi connectivity index (χ2n) is 5.36. The first-order valence-electron chi connectivity index (χ1n) is 6.80. The fourth-order valence-electron chi connectivity index (χ4n) is 2.35. The van der Waals surface area contributed by atoms with Gasteiger partial charge in [-0.3, -0.25) is 4.79 Å². The van der Waals surface area contributed by atoms with Crippen LogP contribution in [0.5, 0.6) is 5.75 Å². The van der Waals surface area contributed by atoms with Crippen molar-refractivity contribution >= 4 is 5.97 Å². The number of ether oxygens (including phenoxy) is 1. The topological polar surface area (TPSA) is 26.3 Å². The molecule has 0 N–H and O–H groups in total. The lowest BCUT2D eigenvalue weighted by molar-refractivity contribution is -0.133. The maximum Gasteiger partial charge on any atom is 0.315 e. The normalized spacial score (nSPS) is 10.4. The molecular weight excluding hydrogens is 248 g/mol. The van der Waals surface area contributed by atoms with Crippen molar-refractivity contribution in [2.45, 2.75) is 34.1 Å². The Balaban J connectivity index is 2.10. The second kappa shape index (κ2) is 5.91. The van der Waals surface area contributed by atoms with Crippen LogP contribution >= 0.6 is 0 Å². The van der Waals surface area contributed by atoms with E-state index in [4.69, 9.17) is 4.74 Å². The van der Waals surface area contributed by atoms with Gasteiger partial charge in [-0.1, -0.05) is 47.5 Å². The highest BCUT2D eigenvalue weighted by molar-refractivity contribution is 5.76. The third-order valence-corrected chi connectivity index (χ3v) is 3.29. The highest BCUT2D eigenvalue weighted by Crippen LogP contribution is 2.25. The summed E-state index contributed by atoms with van der Waals surface area (Å²) in [6.07, 6.45) is 0.299. The van der Waals surface area contributed by atoms with E-state index in [1.165, 1.54) is 11.1 Å². The maximum absolute atomic E-state index is 12.0. The second-order valence-corrected chi connectivity index (χ2v) is 5.36. The third kappa shape index (κ3) is 3.47. The number of esters is 1. The van der Waals surface area contributed by atoms with Crippen molar-refractivity contribution in [3.8, 4) is 5.75 Å². The van der Waals surface area contributed by atoms with Gasteiger partial charge in [0.15, 0.2) is 0 Å². The van der Waals surface area contributed by atoms with Crippen molar-refractivity contribution in [3.63, 3.8) is 0 Å². The Morgan fingerprint density at radius 1 is 0.900 bits per heavy atom. The molecule has 0 atom stereocenters. The number of hydrogen-bond acceptors (Lipinski definition) is 2. The van der Waals surface area contributed by atoms with Gasteiger partial charge in [-0.15, -0.1) is 0 Å². The van der Waals surface area contributed by atoms with Crippen LogP contribution in [0.3, 0.4) is 0 Å². The summed E-state index contributed by atoms with van der Waals surface area (Å²) < 4.78 is 5.53. The molecule has 2 aromatic carbocycles. The molecule has 2 heteroatoms. The molecule has 0 spiro atoms. The van der Waals surface area contributed by atoms with E-state index in [2.05, 4.69) is 0 Å². The summed E-state index contributed by atoms with van der Waals surface area (Å²) in [5.41, 5.74) is 5.34. The zero-order chi connectivity index (χ0) is 14.7.